The van der Waals surface area contributed by atoms with Crippen molar-refractivity contribution in [2.45, 2.75) is 38.7 Å². The number of benzene rings is 1. The first kappa shape index (κ1) is 14.9. The molecule has 0 spiro atoms. The minimum Gasteiger partial charge on any atom is -0.490 e. The monoisotopic (exact) mass is 282 g/mol. The van der Waals surface area contributed by atoms with E-state index < -0.39 is 5.82 Å². The highest BCUT2D eigenvalue weighted by Crippen LogP contribution is 2.30. The maximum atomic E-state index is 13.7. The third-order valence-corrected chi connectivity index (χ3v) is 3.66. The van der Waals surface area contributed by atoms with Crippen molar-refractivity contribution in [3.8, 4) is 5.75 Å². The fourth-order valence-corrected chi connectivity index (χ4v) is 2.53. The molecule has 1 fully saturated rings. The van der Waals surface area contributed by atoms with Crippen molar-refractivity contribution in [2.24, 2.45) is 5.92 Å². The van der Waals surface area contributed by atoms with Crippen LogP contribution >= 0.6 is 0 Å². The topological polar surface area (TPSA) is 67.5 Å². The second-order valence-electron chi connectivity index (χ2n) is 5.43. The van der Waals surface area contributed by atoms with Crippen LogP contribution in [0.5, 0.6) is 5.75 Å². The lowest BCUT2D eigenvalue weighted by atomic mass is 10.1. The van der Waals surface area contributed by atoms with Crippen LogP contribution in [0.25, 0.3) is 0 Å². The molecule has 1 saturated carbocycles. The van der Waals surface area contributed by atoms with Crippen LogP contribution in [0.3, 0.4) is 0 Å². The molecule has 1 aliphatic rings. The molecule has 0 aromatic heterocycles. The average molecular weight is 282 g/mol. The summed E-state index contributed by atoms with van der Waals surface area (Å²) in [5.41, 5.74) is 6.90. The van der Waals surface area contributed by atoms with Crippen molar-refractivity contribution >= 4 is 11.4 Å². The zero-order valence-corrected chi connectivity index (χ0v) is 11.9. The molecule has 20 heavy (non-hydrogen) atoms. The van der Waals surface area contributed by atoms with Gasteiger partial charge in [0.25, 0.3) is 0 Å². The Balaban J connectivity index is 1.99. The first-order valence-corrected chi connectivity index (χ1v) is 7.24. The molecule has 112 valence electrons. The van der Waals surface area contributed by atoms with Crippen molar-refractivity contribution in [3.63, 3.8) is 0 Å². The summed E-state index contributed by atoms with van der Waals surface area (Å²) in [6, 6.07) is 2.91. The molecule has 1 aromatic rings. The summed E-state index contributed by atoms with van der Waals surface area (Å²) in [4.78, 5) is 0. The normalized spacial score (nSPS) is 21.9. The fourth-order valence-electron chi connectivity index (χ4n) is 2.53. The summed E-state index contributed by atoms with van der Waals surface area (Å²) in [5, 5.41) is 12.7. The number of hydrogen-bond acceptors (Lipinski definition) is 4. The highest BCUT2D eigenvalue weighted by Gasteiger charge is 2.22. The Morgan fingerprint density at radius 3 is 2.90 bits per heavy atom. The number of aliphatic hydroxyl groups is 1. The van der Waals surface area contributed by atoms with Crippen LogP contribution < -0.4 is 15.8 Å². The maximum absolute atomic E-state index is 13.7. The Bertz CT molecular complexity index is 454. The number of nitrogens with two attached hydrogens (primary N) is 1. The largest absolute Gasteiger partial charge is 0.490 e. The molecule has 4 N–H and O–H groups in total. The van der Waals surface area contributed by atoms with Gasteiger partial charge in [0, 0.05) is 18.7 Å². The van der Waals surface area contributed by atoms with Gasteiger partial charge in [0.1, 0.15) is 0 Å². The van der Waals surface area contributed by atoms with E-state index in [1.165, 1.54) is 6.07 Å². The Morgan fingerprint density at radius 2 is 2.25 bits per heavy atom. The first-order valence-electron chi connectivity index (χ1n) is 7.24. The minimum absolute atomic E-state index is 0.184. The van der Waals surface area contributed by atoms with Gasteiger partial charge in [-0.1, -0.05) is 6.92 Å². The van der Waals surface area contributed by atoms with Crippen LogP contribution in [0.15, 0.2) is 12.1 Å². The van der Waals surface area contributed by atoms with Crippen LogP contribution in [-0.2, 0) is 0 Å². The molecule has 2 unspecified atom stereocenters. The second kappa shape index (κ2) is 6.79. The van der Waals surface area contributed by atoms with E-state index in [1.54, 1.807) is 6.07 Å². The van der Waals surface area contributed by atoms with E-state index in [9.17, 15) is 9.50 Å². The smallest absolute Gasteiger partial charge is 0.167 e. The lowest BCUT2D eigenvalue weighted by molar-refractivity contribution is 0.178. The lowest BCUT2D eigenvalue weighted by Gasteiger charge is -2.15. The number of nitrogens with one attached hydrogen (secondary N) is 1. The van der Waals surface area contributed by atoms with Gasteiger partial charge in [0.05, 0.1) is 24.1 Å². The lowest BCUT2D eigenvalue weighted by Crippen LogP contribution is -2.14. The van der Waals surface area contributed by atoms with Gasteiger partial charge in [0.15, 0.2) is 11.6 Å². The van der Waals surface area contributed by atoms with Crippen LogP contribution in [0, 0.1) is 11.7 Å². The van der Waals surface area contributed by atoms with Gasteiger partial charge in [-0.25, -0.2) is 4.39 Å². The highest BCUT2D eigenvalue weighted by atomic mass is 19.1. The van der Waals surface area contributed by atoms with E-state index in [4.69, 9.17) is 10.5 Å². The molecule has 0 radical (unpaired) electrons. The van der Waals surface area contributed by atoms with E-state index in [-0.39, 0.29) is 11.9 Å². The molecule has 4 nitrogen and oxygen atoms in total. The molecule has 0 aliphatic heterocycles. The summed E-state index contributed by atoms with van der Waals surface area (Å²) >= 11 is 0. The Morgan fingerprint density at radius 1 is 1.45 bits per heavy atom. The highest BCUT2D eigenvalue weighted by molar-refractivity contribution is 5.68. The number of rotatable bonds is 6. The summed E-state index contributed by atoms with van der Waals surface area (Å²) in [7, 11) is 0. The summed E-state index contributed by atoms with van der Waals surface area (Å²) < 4.78 is 19.0. The second-order valence-corrected chi connectivity index (χ2v) is 5.43. The predicted molar refractivity (Wildman–Crippen MR) is 78.4 cm³/mol. The van der Waals surface area contributed by atoms with E-state index in [0.29, 0.717) is 23.9 Å². The van der Waals surface area contributed by atoms with Crippen molar-refractivity contribution in [1.82, 2.24) is 0 Å². The van der Waals surface area contributed by atoms with E-state index in [0.717, 1.165) is 32.2 Å². The molecule has 2 rings (SSSR count). The van der Waals surface area contributed by atoms with E-state index in [1.807, 2.05) is 6.92 Å². The molecular weight excluding hydrogens is 259 g/mol. The third-order valence-electron chi connectivity index (χ3n) is 3.66. The molecule has 5 heteroatoms. The zero-order valence-electron chi connectivity index (χ0n) is 11.9. The van der Waals surface area contributed by atoms with E-state index in [2.05, 4.69) is 5.32 Å². The van der Waals surface area contributed by atoms with Crippen LogP contribution in [0.1, 0.15) is 32.6 Å². The van der Waals surface area contributed by atoms with Crippen molar-refractivity contribution < 1.29 is 14.2 Å². The van der Waals surface area contributed by atoms with Crippen molar-refractivity contribution in [3.05, 3.63) is 17.9 Å². The molecule has 0 bridgehead atoms. The molecule has 1 aromatic carbocycles. The fraction of sp³-hybridized carbons (Fsp3) is 0.600. The quantitative estimate of drug-likeness (QED) is 0.702. The molecule has 1 aliphatic carbocycles. The first-order chi connectivity index (χ1) is 9.60. The number of anilines is 2. The van der Waals surface area contributed by atoms with Gasteiger partial charge in [0.2, 0.25) is 0 Å². The molecular formula is C15H23FN2O2. The van der Waals surface area contributed by atoms with Crippen molar-refractivity contribution in [2.75, 3.05) is 24.2 Å². The number of halogens is 1. The van der Waals surface area contributed by atoms with Gasteiger partial charge >= 0.3 is 0 Å². The van der Waals surface area contributed by atoms with Gasteiger partial charge in [-0.3, -0.25) is 0 Å². The molecule has 0 saturated heterocycles. The minimum atomic E-state index is -0.433. The van der Waals surface area contributed by atoms with Gasteiger partial charge in [-0.05, 0) is 31.6 Å². The van der Waals surface area contributed by atoms with E-state index >= 15 is 0 Å². The predicted octanol–water partition coefficient (Wildman–Crippen LogP) is 2.77. The summed E-state index contributed by atoms with van der Waals surface area (Å²) in [6.07, 6.45) is 3.32. The molecule has 0 amide bonds. The Labute approximate surface area is 119 Å². The van der Waals surface area contributed by atoms with Crippen molar-refractivity contribution in [1.29, 1.82) is 0 Å². The number of hydrogen-bond donors (Lipinski definition) is 3. The number of ether oxygens (including phenoxy) is 1. The third kappa shape index (κ3) is 3.76. The van der Waals surface area contributed by atoms with Gasteiger partial charge in [-0.15, -0.1) is 0 Å². The average Bonchev–Trinajstić information content (AvgIpc) is 2.82. The Kier molecular flexibility index (Phi) is 5.06. The van der Waals surface area contributed by atoms with Crippen LogP contribution in [-0.4, -0.2) is 24.4 Å². The Hall–Kier alpha value is -1.49. The standard InChI is InChI=1S/C15H23FN2O2/c1-2-5-20-15-8-14(13(17)7-12(15)16)18-9-10-3-4-11(19)6-10/h7-8,10-11,18-19H,2-6,9,17H2,1H3. The number of nitrogen functional groups attached to an aromatic ring is 1. The van der Waals surface area contributed by atoms with Gasteiger partial charge in [-0.2, -0.15) is 0 Å². The maximum Gasteiger partial charge on any atom is 0.167 e. The van der Waals surface area contributed by atoms with Crippen LogP contribution in [0.2, 0.25) is 0 Å². The summed E-state index contributed by atoms with van der Waals surface area (Å²) in [6.45, 7) is 3.19. The molecule has 0 heterocycles. The number of aliphatic hydroxyl groups excluding tert-OH is 1. The summed E-state index contributed by atoms with van der Waals surface area (Å²) in [5.74, 6) is 0.238. The van der Waals surface area contributed by atoms with Gasteiger partial charge < -0.3 is 20.9 Å². The molecule has 2 atom stereocenters. The van der Waals surface area contributed by atoms with Crippen LogP contribution in [0.4, 0.5) is 15.8 Å². The SMILES string of the molecule is CCCOc1cc(NCC2CCC(O)C2)c(N)cc1F. The zero-order chi connectivity index (χ0) is 14.5.